The number of aromatic nitrogens is 2. The summed E-state index contributed by atoms with van der Waals surface area (Å²) in [6.07, 6.45) is 3.82. The van der Waals surface area contributed by atoms with Crippen molar-refractivity contribution in [1.29, 1.82) is 0 Å². The van der Waals surface area contributed by atoms with Crippen LogP contribution in [0.25, 0.3) is 0 Å². The van der Waals surface area contributed by atoms with Crippen LogP contribution in [0.5, 0.6) is 0 Å². The van der Waals surface area contributed by atoms with Gasteiger partial charge in [-0.15, -0.1) is 0 Å². The van der Waals surface area contributed by atoms with E-state index in [1.807, 2.05) is 6.07 Å². The van der Waals surface area contributed by atoms with Gasteiger partial charge < -0.3 is 16.0 Å². The van der Waals surface area contributed by atoms with Crippen LogP contribution in [0, 0.1) is 0 Å². The summed E-state index contributed by atoms with van der Waals surface area (Å²) in [5, 5.41) is 3.02. The number of thioether (sulfide) groups is 1. The number of benzene rings is 1. The maximum atomic E-state index is 12.3. The fraction of sp³-hybridized carbons (Fsp3) is 0.389. The van der Waals surface area contributed by atoms with Gasteiger partial charge in [-0.2, -0.15) is 0 Å². The van der Waals surface area contributed by atoms with E-state index in [-0.39, 0.29) is 11.5 Å². The number of piperidine rings is 1. The van der Waals surface area contributed by atoms with Gasteiger partial charge in [0.25, 0.3) is 11.5 Å². The first-order valence-corrected chi connectivity index (χ1v) is 9.73. The molecule has 1 fully saturated rings. The second-order valence-corrected chi connectivity index (χ2v) is 7.29. The lowest BCUT2D eigenvalue weighted by Crippen LogP contribution is -2.31. The van der Waals surface area contributed by atoms with Crippen molar-refractivity contribution in [2.75, 3.05) is 36.4 Å². The van der Waals surface area contributed by atoms with Crippen molar-refractivity contribution in [3.63, 3.8) is 0 Å². The monoisotopic (exact) mass is 373 g/mol. The van der Waals surface area contributed by atoms with Gasteiger partial charge in [0, 0.05) is 17.9 Å². The number of hydrogen-bond acceptors (Lipinski definition) is 6. The van der Waals surface area contributed by atoms with Crippen LogP contribution < -0.4 is 16.6 Å². The summed E-state index contributed by atoms with van der Waals surface area (Å²) in [5.41, 5.74) is 5.89. The fourth-order valence-electron chi connectivity index (χ4n) is 2.89. The quantitative estimate of drug-likeness (QED) is 0.530. The molecule has 4 N–H and O–H groups in total. The van der Waals surface area contributed by atoms with E-state index in [4.69, 9.17) is 5.73 Å². The zero-order valence-corrected chi connectivity index (χ0v) is 15.3. The molecule has 2 heterocycles. The topological polar surface area (TPSA) is 104 Å². The number of nitrogen functional groups attached to an aromatic ring is 1. The Morgan fingerprint density at radius 2 is 1.96 bits per heavy atom. The molecule has 8 heteroatoms. The van der Waals surface area contributed by atoms with Crippen LogP contribution >= 0.6 is 11.8 Å². The SMILES string of the molecule is Nc1nc(SCCN2CCCCC2)[nH]c(=O)c1NC(=O)c1ccccc1. The van der Waals surface area contributed by atoms with Gasteiger partial charge >= 0.3 is 0 Å². The van der Waals surface area contributed by atoms with E-state index in [0.29, 0.717) is 10.7 Å². The number of carbonyl (C=O) groups excluding carboxylic acids is 1. The first kappa shape index (κ1) is 18.5. The molecule has 0 aliphatic carbocycles. The summed E-state index contributed by atoms with van der Waals surface area (Å²) in [4.78, 5) is 33.8. The zero-order valence-electron chi connectivity index (χ0n) is 14.5. The van der Waals surface area contributed by atoms with Crippen LogP contribution in [0.2, 0.25) is 0 Å². The molecule has 138 valence electrons. The van der Waals surface area contributed by atoms with Gasteiger partial charge in [-0.1, -0.05) is 36.4 Å². The van der Waals surface area contributed by atoms with Gasteiger partial charge in [0.2, 0.25) is 0 Å². The predicted octanol–water partition coefficient (Wildman–Crippen LogP) is 2.18. The smallest absolute Gasteiger partial charge is 0.277 e. The Morgan fingerprint density at radius 3 is 2.65 bits per heavy atom. The van der Waals surface area contributed by atoms with Crippen LogP contribution in [0.3, 0.4) is 0 Å². The Labute approximate surface area is 156 Å². The Hall–Kier alpha value is -2.32. The van der Waals surface area contributed by atoms with Crippen LogP contribution in [-0.2, 0) is 0 Å². The second-order valence-electron chi connectivity index (χ2n) is 6.20. The molecule has 1 aliphatic rings. The highest BCUT2D eigenvalue weighted by Gasteiger charge is 2.14. The molecule has 7 nitrogen and oxygen atoms in total. The Balaban J connectivity index is 1.60. The highest BCUT2D eigenvalue weighted by atomic mass is 32.2. The third-order valence-electron chi connectivity index (χ3n) is 4.30. The number of aromatic amines is 1. The van der Waals surface area contributed by atoms with Crippen LogP contribution in [0.15, 0.2) is 40.3 Å². The average Bonchev–Trinajstić information content (AvgIpc) is 2.66. The fourth-order valence-corrected chi connectivity index (χ4v) is 3.76. The molecule has 0 spiro atoms. The van der Waals surface area contributed by atoms with Gasteiger partial charge in [0.05, 0.1) is 0 Å². The summed E-state index contributed by atoms with van der Waals surface area (Å²) in [6.45, 7) is 3.23. The zero-order chi connectivity index (χ0) is 18.4. The number of amides is 1. The highest BCUT2D eigenvalue weighted by Crippen LogP contribution is 2.18. The lowest BCUT2D eigenvalue weighted by atomic mass is 10.1. The Morgan fingerprint density at radius 1 is 1.23 bits per heavy atom. The van der Waals surface area contributed by atoms with Crippen molar-refractivity contribution >= 4 is 29.2 Å². The van der Waals surface area contributed by atoms with Crippen molar-refractivity contribution in [3.8, 4) is 0 Å². The molecule has 26 heavy (non-hydrogen) atoms. The van der Waals surface area contributed by atoms with Crippen molar-refractivity contribution in [1.82, 2.24) is 14.9 Å². The van der Waals surface area contributed by atoms with Crippen molar-refractivity contribution < 1.29 is 4.79 Å². The summed E-state index contributed by atoms with van der Waals surface area (Å²) in [5.74, 6) is 0.464. The van der Waals surface area contributed by atoms with Crippen molar-refractivity contribution in [2.45, 2.75) is 24.4 Å². The number of likely N-dealkylation sites (tertiary alicyclic amines) is 1. The molecule has 2 aromatic rings. The molecule has 0 unspecified atom stereocenters. The third kappa shape index (κ3) is 4.86. The van der Waals surface area contributed by atoms with Crippen LogP contribution in [0.1, 0.15) is 29.6 Å². The maximum Gasteiger partial charge on any atom is 0.277 e. The van der Waals surface area contributed by atoms with Gasteiger partial charge in [-0.3, -0.25) is 14.6 Å². The van der Waals surface area contributed by atoms with E-state index in [9.17, 15) is 9.59 Å². The minimum atomic E-state index is -0.442. The normalized spacial score (nSPS) is 14.9. The number of anilines is 2. The summed E-state index contributed by atoms with van der Waals surface area (Å²) in [7, 11) is 0. The number of hydrogen-bond donors (Lipinski definition) is 3. The summed E-state index contributed by atoms with van der Waals surface area (Å²) < 4.78 is 0. The maximum absolute atomic E-state index is 12.3. The molecule has 0 saturated carbocycles. The number of rotatable bonds is 6. The Bertz CT molecular complexity index is 803. The minimum Gasteiger partial charge on any atom is -0.382 e. The summed E-state index contributed by atoms with van der Waals surface area (Å²) in [6, 6.07) is 8.65. The molecule has 1 aromatic carbocycles. The molecule has 0 bridgehead atoms. The molecule has 0 atom stereocenters. The van der Waals surface area contributed by atoms with E-state index in [2.05, 4.69) is 20.2 Å². The van der Waals surface area contributed by atoms with E-state index in [1.54, 1.807) is 24.3 Å². The molecule has 3 rings (SSSR count). The first-order chi connectivity index (χ1) is 12.6. The number of nitrogens with two attached hydrogens (primary N) is 1. The number of nitrogens with one attached hydrogen (secondary N) is 2. The number of H-pyrrole nitrogens is 1. The van der Waals surface area contributed by atoms with Crippen LogP contribution in [-0.4, -0.2) is 46.2 Å². The van der Waals surface area contributed by atoms with E-state index < -0.39 is 11.5 Å². The molecule has 0 radical (unpaired) electrons. The number of carbonyl (C=O) groups is 1. The first-order valence-electron chi connectivity index (χ1n) is 8.75. The molecule has 1 aliphatic heterocycles. The third-order valence-corrected chi connectivity index (χ3v) is 5.15. The number of nitrogens with zero attached hydrogens (tertiary/aromatic N) is 2. The molecule has 1 amide bonds. The molecular weight excluding hydrogens is 350 g/mol. The standard InChI is InChI=1S/C18H23N5O2S/c19-15-14(20-16(24)13-7-3-1-4-8-13)17(25)22-18(21-15)26-12-11-23-9-5-2-6-10-23/h1,3-4,7-8H,2,5-6,9-12H2,(H,20,24)(H3,19,21,22,25). The summed E-state index contributed by atoms with van der Waals surface area (Å²) >= 11 is 1.47. The minimum absolute atomic E-state index is 0.0146. The lowest BCUT2D eigenvalue weighted by molar-refractivity contribution is 0.102. The van der Waals surface area contributed by atoms with E-state index in [1.165, 1.54) is 31.0 Å². The highest BCUT2D eigenvalue weighted by molar-refractivity contribution is 7.99. The van der Waals surface area contributed by atoms with Crippen molar-refractivity contribution in [3.05, 3.63) is 46.2 Å². The Kier molecular flexibility index (Phi) is 6.30. The largest absolute Gasteiger partial charge is 0.382 e. The van der Waals surface area contributed by atoms with Gasteiger partial charge in [0.15, 0.2) is 11.0 Å². The molecule has 1 saturated heterocycles. The van der Waals surface area contributed by atoms with Crippen molar-refractivity contribution in [2.24, 2.45) is 0 Å². The second kappa shape index (κ2) is 8.86. The van der Waals surface area contributed by atoms with E-state index >= 15 is 0 Å². The predicted molar refractivity (Wildman–Crippen MR) is 105 cm³/mol. The van der Waals surface area contributed by atoms with E-state index in [0.717, 1.165) is 25.4 Å². The lowest BCUT2D eigenvalue weighted by Gasteiger charge is -2.25. The van der Waals surface area contributed by atoms with Crippen LogP contribution in [0.4, 0.5) is 11.5 Å². The van der Waals surface area contributed by atoms with Gasteiger partial charge in [-0.05, 0) is 38.1 Å². The molecular formula is C18H23N5O2S. The van der Waals surface area contributed by atoms with Gasteiger partial charge in [-0.25, -0.2) is 4.98 Å². The van der Waals surface area contributed by atoms with Gasteiger partial charge in [0.1, 0.15) is 5.69 Å². The molecule has 1 aromatic heterocycles. The average molecular weight is 373 g/mol.